The molecule has 3 atom stereocenters. The molecule has 1 aromatic heterocycles. The van der Waals surface area contributed by atoms with Crippen LogP contribution in [0.3, 0.4) is 0 Å². The highest BCUT2D eigenvalue weighted by atomic mass is 16.2. The second-order valence-electron chi connectivity index (χ2n) is 12.6. The number of unbranched alkanes of at least 4 members (excludes halogenated alkanes) is 2. The van der Waals surface area contributed by atoms with E-state index in [1.807, 2.05) is 12.3 Å². The number of aromatic nitrogens is 3. The van der Waals surface area contributed by atoms with Crippen LogP contribution >= 0.6 is 0 Å². The molecule has 0 spiro atoms. The quantitative estimate of drug-likeness (QED) is 0.0518. The number of nitrogens with zero attached hydrogens (tertiary/aromatic N) is 3. The largest absolute Gasteiger partial charge is 0.370 e. The summed E-state index contributed by atoms with van der Waals surface area (Å²) in [5.74, 6) is -3.54. The number of amides is 6. The maximum absolute atomic E-state index is 13.7. The van der Waals surface area contributed by atoms with Gasteiger partial charge in [0.15, 0.2) is 5.96 Å². The average Bonchev–Trinajstić information content (AvgIpc) is 3.59. The summed E-state index contributed by atoms with van der Waals surface area (Å²) in [7, 11) is 0. The fraction of sp³-hybridized carbons (Fsp3) is 0.559. The van der Waals surface area contributed by atoms with Crippen molar-refractivity contribution in [3.05, 3.63) is 47.8 Å². The minimum atomic E-state index is -1.09. The Morgan fingerprint density at radius 3 is 2.25 bits per heavy atom. The molecule has 6 amide bonds. The average molecular weight is 725 g/mol. The van der Waals surface area contributed by atoms with Gasteiger partial charge in [-0.25, -0.2) is 0 Å². The summed E-state index contributed by atoms with van der Waals surface area (Å²) >= 11 is 0. The molecule has 0 radical (unpaired) electrons. The molecule has 18 heteroatoms. The third kappa shape index (κ3) is 15.6. The molecule has 284 valence electrons. The van der Waals surface area contributed by atoms with Crippen molar-refractivity contribution in [2.45, 2.75) is 95.8 Å². The van der Waals surface area contributed by atoms with Crippen LogP contribution in [0.2, 0.25) is 0 Å². The minimum absolute atomic E-state index is 0.119. The van der Waals surface area contributed by atoms with Crippen molar-refractivity contribution in [3.63, 3.8) is 0 Å². The topological polar surface area (TPSA) is 267 Å². The summed E-state index contributed by atoms with van der Waals surface area (Å²) in [5.41, 5.74) is 6.85. The molecule has 0 bridgehead atoms. The molecule has 1 aliphatic heterocycles. The number of benzene rings is 1. The summed E-state index contributed by atoms with van der Waals surface area (Å²) in [6.07, 6.45) is 6.28. The summed E-state index contributed by atoms with van der Waals surface area (Å²) in [6.45, 7) is 2.60. The third-order valence-corrected chi connectivity index (χ3v) is 8.23. The molecule has 0 unspecified atom stereocenters. The predicted octanol–water partition coefficient (Wildman–Crippen LogP) is -1.50. The van der Waals surface area contributed by atoms with Gasteiger partial charge in [0.1, 0.15) is 18.1 Å². The van der Waals surface area contributed by atoms with E-state index in [4.69, 9.17) is 11.1 Å². The molecule has 10 N–H and O–H groups in total. The number of carbonyl (C=O) groups is 6. The smallest absolute Gasteiger partial charge is 0.243 e. The Balaban J connectivity index is 1.68. The van der Waals surface area contributed by atoms with E-state index >= 15 is 0 Å². The molecule has 1 saturated heterocycles. The van der Waals surface area contributed by atoms with Gasteiger partial charge in [-0.3, -0.25) is 38.9 Å². The minimum Gasteiger partial charge on any atom is -0.370 e. The molecule has 2 heterocycles. The highest BCUT2D eigenvalue weighted by Gasteiger charge is 2.30. The predicted molar refractivity (Wildman–Crippen MR) is 191 cm³/mol. The van der Waals surface area contributed by atoms with Crippen LogP contribution < -0.4 is 43.0 Å². The zero-order valence-corrected chi connectivity index (χ0v) is 29.7. The number of rotatable bonds is 17. The Hall–Kier alpha value is -5.55. The molecule has 18 nitrogen and oxygen atoms in total. The second kappa shape index (κ2) is 22.3. The Kier molecular flexibility index (Phi) is 17.5. The first-order valence-corrected chi connectivity index (χ1v) is 17.8. The van der Waals surface area contributed by atoms with E-state index in [-0.39, 0.29) is 44.1 Å². The normalized spacial score (nSPS) is 18.8. The van der Waals surface area contributed by atoms with Crippen LogP contribution in [-0.2, 0) is 48.2 Å². The third-order valence-electron chi connectivity index (χ3n) is 8.23. The van der Waals surface area contributed by atoms with Gasteiger partial charge < -0.3 is 43.0 Å². The number of guanidine groups is 1. The zero-order chi connectivity index (χ0) is 37.7. The van der Waals surface area contributed by atoms with E-state index in [2.05, 4.69) is 54.5 Å². The molecular weight excluding hydrogens is 672 g/mol. The maximum Gasteiger partial charge on any atom is 0.243 e. The Morgan fingerprint density at radius 1 is 0.846 bits per heavy atom. The fourth-order valence-corrected chi connectivity index (χ4v) is 5.36. The number of hydrogen-bond acceptors (Lipinski definition) is 9. The van der Waals surface area contributed by atoms with Crippen molar-refractivity contribution in [2.75, 3.05) is 26.2 Å². The zero-order valence-electron chi connectivity index (χ0n) is 29.7. The van der Waals surface area contributed by atoms with Crippen molar-refractivity contribution in [3.8, 4) is 0 Å². The van der Waals surface area contributed by atoms with Crippen LogP contribution in [0.15, 0.2) is 36.5 Å². The lowest BCUT2D eigenvalue weighted by Gasteiger charge is -2.25. The first-order chi connectivity index (χ1) is 25.0. The number of aryl methyl sites for hydroxylation is 2. The highest BCUT2D eigenvalue weighted by Crippen LogP contribution is 2.08. The van der Waals surface area contributed by atoms with Crippen molar-refractivity contribution >= 4 is 41.4 Å². The van der Waals surface area contributed by atoms with Crippen LogP contribution in [-0.4, -0.2) is 101 Å². The van der Waals surface area contributed by atoms with Crippen molar-refractivity contribution in [2.24, 2.45) is 5.73 Å². The molecule has 3 rings (SSSR count). The second-order valence-corrected chi connectivity index (χ2v) is 12.6. The summed E-state index contributed by atoms with van der Waals surface area (Å²) in [4.78, 5) is 78.2. The molecule has 0 aliphatic carbocycles. The Bertz CT molecular complexity index is 1500. The van der Waals surface area contributed by atoms with Gasteiger partial charge in [0.2, 0.25) is 35.4 Å². The van der Waals surface area contributed by atoms with Crippen LogP contribution in [0.4, 0.5) is 0 Å². The van der Waals surface area contributed by atoms with Crippen LogP contribution in [0.25, 0.3) is 0 Å². The van der Waals surface area contributed by atoms with Gasteiger partial charge in [0.25, 0.3) is 0 Å². The molecule has 0 saturated carbocycles. The number of carbonyl (C=O) groups excluding carboxylic acids is 6. The first kappa shape index (κ1) is 40.9. The van der Waals surface area contributed by atoms with Crippen molar-refractivity contribution in [1.29, 1.82) is 5.41 Å². The van der Waals surface area contributed by atoms with Crippen LogP contribution in [0.1, 0.15) is 69.5 Å². The first-order valence-electron chi connectivity index (χ1n) is 17.8. The summed E-state index contributed by atoms with van der Waals surface area (Å²) in [5, 5.41) is 34.1. The van der Waals surface area contributed by atoms with Gasteiger partial charge in [-0.05, 0) is 44.1 Å². The fourth-order valence-electron chi connectivity index (χ4n) is 5.36. The highest BCUT2D eigenvalue weighted by molar-refractivity contribution is 5.96. The van der Waals surface area contributed by atoms with E-state index in [1.54, 1.807) is 28.9 Å². The van der Waals surface area contributed by atoms with Crippen molar-refractivity contribution in [1.82, 2.24) is 52.2 Å². The molecule has 2 aromatic rings. The van der Waals surface area contributed by atoms with Gasteiger partial charge in [-0.15, -0.1) is 5.10 Å². The number of hydrogen-bond donors (Lipinski definition) is 9. The lowest BCUT2D eigenvalue weighted by molar-refractivity contribution is -0.133. The van der Waals surface area contributed by atoms with Gasteiger partial charge in [-0.1, -0.05) is 48.9 Å². The molecule has 52 heavy (non-hydrogen) atoms. The van der Waals surface area contributed by atoms with Crippen molar-refractivity contribution < 1.29 is 28.8 Å². The lowest BCUT2D eigenvalue weighted by Crippen LogP contribution is -2.57. The molecular formula is C34H52N12O6. The number of nitrogens with one attached hydrogen (secondary N) is 8. The van der Waals surface area contributed by atoms with E-state index in [9.17, 15) is 28.8 Å². The standard InChI is InChI=1S/C34H52N12O6/c1-2-3-18-46-22-24(44-45-46)14-15-28(47)37-16-8-7-12-26-32(51)42-25(13-9-17-38-34(35)36)31(50)40-20-29(48)39-21-30(49)41-27(33(52)43-26)19-23-10-5-4-6-11-23/h4-6,10-11,22,25-27H,2-3,7-9,12-21H2,1H3,(H,37,47)(H,39,48)(H,40,50)(H,41,49)(H,42,51)(H,43,52)(H4,35,36,38)/t25-,26-,27+/m0/s1. The van der Waals surface area contributed by atoms with Gasteiger partial charge >= 0.3 is 0 Å². The van der Waals surface area contributed by atoms with Gasteiger partial charge in [0.05, 0.1) is 18.8 Å². The summed E-state index contributed by atoms with van der Waals surface area (Å²) in [6, 6.07) is 5.77. The van der Waals surface area contributed by atoms with Gasteiger partial charge in [-0.2, -0.15) is 0 Å². The Morgan fingerprint density at radius 2 is 1.52 bits per heavy atom. The summed E-state index contributed by atoms with van der Waals surface area (Å²) < 4.78 is 1.77. The van der Waals surface area contributed by atoms with Crippen LogP contribution in [0, 0.1) is 5.41 Å². The van der Waals surface area contributed by atoms with E-state index < -0.39 is 60.8 Å². The lowest BCUT2D eigenvalue weighted by atomic mass is 10.0. The Labute approximate surface area is 303 Å². The monoisotopic (exact) mass is 724 g/mol. The number of nitrogens with two attached hydrogens (primary N) is 1. The van der Waals surface area contributed by atoms with E-state index in [0.717, 1.165) is 30.6 Å². The SMILES string of the molecule is CCCCn1cc(CCC(=O)NCCCC[C@@H]2NC(=O)[C@@H](Cc3ccccc3)NC(=O)CNC(=O)CNC(=O)[C@H](CCCNC(=N)N)NC2=O)nn1. The molecule has 1 aliphatic rings. The van der Waals surface area contributed by atoms with E-state index in [0.29, 0.717) is 32.2 Å². The molecule has 1 fully saturated rings. The maximum atomic E-state index is 13.7. The van der Waals surface area contributed by atoms with Crippen LogP contribution in [0.5, 0.6) is 0 Å². The molecule has 1 aromatic carbocycles. The van der Waals surface area contributed by atoms with Gasteiger partial charge in [0, 0.05) is 45.1 Å². The van der Waals surface area contributed by atoms with E-state index in [1.165, 1.54) is 0 Å².